The topological polar surface area (TPSA) is 137 Å². The summed E-state index contributed by atoms with van der Waals surface area (Å²) in [6.07, 6.45) is 2.67. The van der Waals surface area contributed by atoms with Crippen molar-refractivity contribution in [2.75, 3.05) is 13.2 Å². The summed E-state index contributed by atoms with van der Waals surface area (Å²) in [6, 6.07) is -1.37. The molecule has 1 amide bonds. The van der Waals surface area contributed by atoms with Gasteiger partial charge in [0.1, 0.15) is 0 Å². The molecular formula is C11H16N4O5. The van der Waals surface area contributed by atoms with E-state index in [0.717, 1.165) is 0 Å². The number of aromatic nitrogens is 2. The van der Waals surface area contributed by atoms with Gasteiger partial charge in [-0.2, -0.15) is 0 Å². The van der Waals surface area contributed by atoms with Crippen LogP contribution in [-0.4, -0.2) is 51.7 Å². The number of nitrogens with one attached hydrogen (secondary N) is 1. The first-order chi connectivity index (χ1) is 9.45. The van der Waals surface area contributed by atoms with Gasteiger partial charge in [0.2, 0.25) is 5.91 Å². The third-order valence-corrected chi connectivity index (χ3v) is 2.34. The van der Waals surface area contributed by atoms with E-state index in [-0.39, 0.29) is 18.8 Å². The van der Waals surface area contributed by atoms with E-state index in [1.54, 1.807) is 6.92 Å². The number of carbonyl (C=O) groups is 3. The first kappa shape index (κ1) is 15.6. The Bertz CT molecular complexity index is 499. The summed E-state index contributed by atoms with van der Waals surface area (Å²) in [4.78, 5) is 37.0. The van der Waals surface area contributed by atoms with Crippen LogP contribution in [0, 0.1) is 0 Å². The highest BCUT2D eigenvalue weighted by Gasteiger charge is 2.22. The first-order valence-corrected chi connectivity index (χ1v) is 5.90. The van der Waals surface area contributed by atoms with Gasteiger partial charge < -0.3 is 25.5 Å². The molecule has 9 nitrogen and oxygen atoms in total. The van der Waals surface area contributed by atoms with Crippen molar-refractivity contribution < 1.29 is 24.2 Å². The summed E-state index contributed by atoms with van der Waals surface area (Å²) in [6.45, 7) is 2.25. The number of imidazole rings is 1. The van der Waals surface area contributed by atoms with Gasteiger partial charge in [0.25, 0.3) is 0 Å². The van der Waals surface area contributed by atoms with E-state index >= 15 is 0 Å². The molecule has 0 aromatic carbocycles. The van der Waals surface area contributed by atoms with E-state index in [9.17, 15) is 14.4 Å². The summed E-state index contributed by atoms with van der Waals surface area (Å²) in [5.74, 6) is -2.57. The molecule has 0 aliphatic heterocycles. The minimum absolute atomic E-state index is 0.0837. The Morgan fingerprint density at radius 3 is 2.80 bits per heavy atom. The third-order valence-electron chi connectivity index (χ3n) is 2.34. The molecule has 1 aromatic rings. The molecule has 0 bridgehead atoms. The molecule has 1 atom stereocenters. The van der Waals surface area contributed by atoms with Crippen LogP contribution in [0.25, 0.3) is 0 Å². The average molecular weight is 284 g/mol. The van der Waals surface area contributed by atoms with Crippen LogP contribution in [-0.2, 0) is 20.9 Å². The molecule has 0 aliphatic rings. The molecule has 0 saturated carbocycles. The van der Waals surface area contributed by atoms with Crippen LogP contribution in [0.2, 0.25) is 0 Å². The minimum Gasteiger partial charge on any atom is -0.476 e. The minimum atomic E-state index is -1.37. The van der Waals surface area contributed by atoms with Gasteiger partial charge in [0.05, 0.1) is 12.9 Å². The maximum atomic E-state index is 11.5. The van der Waals surface area contributed by atoms with Crippen LogP contribution >= 0.6 is 0 Å². The lowest BCUT2D eigenvalue weighted by molar-refractivity contribution is -0.147. The second-order valence-electron chi connectivity index (χ2n) is 3.82. The van der Waals surface area contributed by atoms with Crippen LogP contribution in [0.1, 0.15) is 17.4 Å². The summed E-state index contributed by atoms with van der Waals surface area (Å²) < 4.78 is 6.11. The number of ether oxygens (including phenoxy) is 1. The molecule has 0 aliphatic carbocycles. The normalized spacial score (nSPS) is 11.7. The molecule has 0 radical (unpaired) electrons. The summed E-state index contributed by atoms with van der Waals surface area (Å²) in [5, 5.41) is 11.1. The van der Waals surface area contributed by atoms with Crippen LogP contribution < -0.4 is 11.1 Å². The van der Waals surface area contributed by atoms with Crippen molar-refractivity contribution >= 4 is 17.8 Å². The number of hydrogen-bond acceptors (Lipinski definition) is 6. The van der Waals surface area contributed by atoms with Gasteiger partial charge in [-0.25, -0.2) is 14.6 Å². The highest BCUT2D eigenvalue weighted by Crippen LogP contribution is 1.95. The second-order valence-corrected chi connectivity index (χ2v) is 3.82. The first-order valence-electron chi connectivity index (χ1n) is 5.90. The SMILES string of the molecule is CCOC(=O)C(N)C(=O)NCCn1cnc(C(=O)O)c1. The smallest absolute Gasteiger partial charge is 0.356 e. The van der Waals surface area contributed by atoms with Crippen molar-refractivity contribution in [1.29, 1.82) is 0 Å². The molecule has 110 valence electrons. The molecule has 1 rings (SSSR count). The Morgan fingerprint density at radius 1 is 1.55 bits per heavy atom. The number of amides is 1. The zero-order valence-corrected chi connectivity index (χ0v) is 10.9. The van der Waals surface area contributed by atoms with Gasteiger partial charge in [0.15, 0.2) is 11.7 Å². The molecule has 1 aromatic heterocycles. The summed E-state index contributed by atoms with van der Waals surface area (Å²) >= 11 is 0. The zero-order chi connectivity index (χ0) is 15.1. The lowest BCUT2D eigenvalue weighted by Gasteiger charge is -2.11. The third kappa shape index (κ3) is 4.35. The van der Waals surface area contributed by atoms with Gasteiger partial charge in [-0.05, 0) is 6.92 Å². The average Bonchev–Trinajstić information content (AvgIpc) is 2.87. The standard InChI is InChI=1S/C11H16N4O5/c1-2-20-11(19)8(12)9(16)13-3-4-15-5-7(10(17)18)14-6-15/h5-6,8H,2-4,12H2,1H3,(H,13,16)(H,17,18). The fourth-order valence-corrected chi connectivity index (χ4v) is 1.35. The fraction of sp³-hybridized carbons (Fsp3) is 0.455. The van der Waals surface area contributed by atoms with E-state index in [4.69, 9.17) is 10.8 Å². The molecule has 1 unspecified atom stereocenters. The Kier molecular flexibility index (Phi) is 5.66. The number of aromatic carboxylic acids is 1. The van der Waals surface area contributed by atoms with E-state index in [1.165, 1.54) is 17.1 Å². The van der Waals surface area contributed by atoms with E-state index in [0.29, 0.717) is 6.54 Å². The van der Waals surface area contributed by atoms with Crippen LogP contribution in [0.4, 0.5) is 0 Å². The Morgan fingerprint density at radius 2 is 2.25 bits per heavy atom. The number of carboxylic acid groups (broad SMARTS) is 1. The Labute approximate surface area is 114 Å². The number of rotatable bonds is 7. The molecule has 1 heterocycles. The number of nitrogens with two attached hydrogens (primary N) is 1. The summed E-state index contributed by atoms with van der Waals surface area (Å²) in [7, 11) is 0. The monoisotopic (exact) mass is 284 g/mol. The number of hydrogen-bond donors (Lipinski definition) is 3. The fourth-order valence-electron chi connectivity index (χ4n) is 1.35. The van der Waals surface area contributed by atoms with Crippen molar-refractivity contribution in [2.24, 2.45) is 5.73 Å². The second kappa shape index (κ2) is 7.24. The van der Waals surface area contributed by atoms with Crippen molar-refractivity contribution in [3.05, 3.63) is 18.2 Å². The zero-order valence-electron chi connectivity index (χ0n) is 10.9. The van der Waals surface area contributed by atoms with Crippen LogP contribution in [0.5, 0.6) is 0 Å². The van der Waals surface area contributed by atoms with Crippen LogP contribution in [0.3, 0.4) is 0 Å². The highest BCUT2D eigenvalue weighted by molar-refractivity contribution is 6.01. The number of carboxylic acids is 1. The Hall–Kier alpha value is -2.42. The predicted octanol–water partition coefficient (Wildman–Crippen LogP) is -1.41. The lowest BCUT2D eigenvalue weighted by atomic mass is 10.3. The van der Waals surface area contributed by atoms with Crippen LogP contribution in [0.15, 0.2) is 12.5 Å². The van der Waals surface area contributed by atoms with Gasteiger partial charge >= 0.3 is 11.9 Å². The molecule has 20 heavy (non-hydrogen) atoms. The largest absolute Gasteiger partial charge is 0.476 e. The Balaban J connectivity index is 2.37. The molecular weight excluding hydrogens is 268 g/mol. The number of esters is 1. The number of carbonyl (C=O) groups excluding carboxylic acids is 2. The van der Waals surface area contributed by atoms with Crippen molar-refractivity contribution in [3.63, 3.8) is 0 Å². The molecule has 9 heteroatoms. The van der Waals surface area contributed by atoms with Gasteiger partial charge in [-0.1, -0.05) is 0 Å². The van der Waals surface area contributed by atoms with Gasteiger partial charge in [0, 0.05) is 19.3 Å². The van der Waals surface area contributed by atoms with Crippen molar-refractivity contribution in [3.8, 4) is 0 Å². The van der Waals surface area contributed by atoms with E-state index < -0.39 is 23.9 Å². The van der Waals surface area contributed by atoms with Gasteiger partial charge in [-0.15, -0.1) is 0 Å². The van der Waals surface area contributed by atoms with Crippen molar-refractivity contribution in [2.45, 2.75) is 19.5 Å². The molecule has 0 fully saturated rings. The maximum Gasteiger partial charge on any atom is 0.356 e. The summed E-state index contributed by atoms with van der Waals surface area (Å²) in [5.41, 5.74) is 5.30. The quantitative estimate of drug-likeness (QED) is 0.413. The molecule has 0 spiro atoms. The lowest BCUT2D eigenvalue weighted by Crippen LogP contribution is -2.47. The van der Waals surface area contributed by atoms with E-state index in [2.05, 4.69) is 15.0 Å². The highest BCUT2D eigenvalue weighted by atomic mass is 16.5. The number of nitrogens with zero attached hydrogens (tertiary/aromatic N) is 2. The molecule has 0 saturated heterocycles. The predicted molar refractivity (Wildman–Crippen MR) is 66.8 cm³/mol. The van der Waals surface area contributed by atoms with Gasteiger partial charge in [-0.3, -0.25) is 4.79 Å². The van der Waals surface area contributed by atoms with Crippen molar-refractivity contribution in [1.82, 2.24) is 14.9 Å². The maximum absolute atomic E-state index is 11.5. The molecule has 4 N–H and O–H groups in total. The van der Waals surface area contributed by atoms with E-state index in [1.807, 2.05) is 0 Å².